The van der Waals surface area contributed by atoms with Crippen molar-refractivity contribution in [3.63, 3.8) is 0 Å². The van der Waals surface area contributed by atoms with Gasteiger partial charge in [-0.1, -0.05) is 24.3 Å². The molecule has 1 unspecified atom stereocenters. The summed E-state index contributed by atoms with van der Waals surface area (Å²) in [4.78, 5) is 25.0. The molecule has 1 heterocycles. The number of ether oxygens (including phenoxy) is 1. The second-order valence-corrected chi connectivity index (χ2v) is 5.03. The number of likely N-dealkylation sites (tertiary alicyclic amines) is 1. The minimum atomic E-state index is -0.329. The van der Waals surface area contributed by atoms with Gasteiger partial charge in [0.05, 0.1) is 6.61 Å². The number of carbonyl (C=O) groups is 2. The largest absolute Gasteiger partial charge is 0.380 e. The molecule has 1 fully saturated rings. The number of hydrogen-bond acceptors (Lipinski definition) is 3. The van der Waals surface area contributed by atoms with Crippen molar-refractivity contribution >= 4 is 11.8 Å². The minimum absolute atomic E-state index is 0.0345. The molecule has 1 atom stereocenters. The first kappa shape index (κ1) is 14.5. The third kappa shape index (κ3) is 3.36. The van der Waals surface area contributed by atoms with Crippen LogP contribution in [0.1, 0.15) is 24.0 Å². The van der Waals surface area contributed by atoms with Gasteiger partial charge in [-0.05, 0) is 17.5 Å². The summed E-state index contributed by atoms with van der Waals surface area (Å²) in [5.41, 5.74) is 2.10. The Hall–Kier alpha value is -1.88. The van der Waals surface area contributed by atoms with Gasteiger partial charge < -0.3 is 15.0 Å². The Morgan fingerprint density at radius 3 is 2.85 bits per heavy atom. The zero-order valence-corrected chi connectivity index (χ0v) is 11.9. The fourth-order valence-corrected chi connectivity index (χ4v) is 2.41. The molecule has 0 saturated carbocycles. The van der Waals surface area contributed by atoms with E-state index in [-0.39, 0.29) is 17.9 Å². The maximum Gasteiger partial charge on any atom is 0.243 e. The van der Waals surface area contributed by atoms with E-state index in [1.807, 2.05) is 24.3 Å². The van der Waals surface area contributed by atoms with Gasteiger partial charge in [0.15, 0.2) is 0 Å². The zero-order valence-electron chi connectivity index (χ0n) is 11.9. The minimum Gasteiger partial charge on any atom is -0.380 e. The van der Waals surface area contributed by atoms with E-state index >= 15 is 0 Å². The van der Waals surface area contributed by atoms with Crippen LogP contribution in [0, 0.1) is 0 Å². The molecule has 1 aromatic rings. The topological polar surface area (TPSA) is 58.6 Å². The van der Waals surface area contributed by atoms with E-state index in [1.165, 1.54) is 4.90 Å². The number of nitrogens with zero attached hydrogens (tertiary/aromatic N) is 1. The van der Waals surface area contributed by atoms with Crippen molar-refractivity contribution < 1.29 is 14.3 Å². The number of likely N-dealkylation sites (N-methyl/N-ethyl adjacent to an activating group) is 1. The molecule has 2 amide bonds. The standard InChI is InChI=1S/C15H20N2O3/c1-17-13(6-7-14(17)18)15(19)16-9-11-4-3-5-12(8-11)10-20-2/h3-5,8,13H,6-7,9-10H2,1-2H3,(H,16,19). The van der Waals surface area contributed by atoms with Crippen molar-refractivity contribution in [3.8, 4) is 0 Å². The predicted molar refractivity (Wildman–Crippen MR) is 74.8 cm³/mol. The lowest BCUT2D eigenvalue weighted by Crippen LogP contribution is -2.42. The van der Waals surface area contributed by atoms with Crippen LogP contribution >= 0.6 is 0 Å². The molecule has 1 aromatic carbocycles. The van der Waals surface area contributed by atoms with Crippen LogP contribution in [0.2, 0.25) is 0 Å². The molecule has 1 aliphatic rings. The van der Waals surface area contributed by atoms with E-state index in [1.54, 1.807) is 14.2 Å². The molecule has 0 bridgehead atoms. The molecule has 0 aromatic heterocycles. The molecule has 0 spiro atoms. The summed E-state index contributed by atoms with van der Waals surface area (Å²) in [5.74, 6) is -0.0530. The highest BCUT2D eigenvalue weighted by Gasteiger charge is 2.32. The van der Waals surface area contributed by atoms with Crippen molar-refractivity contribution in [1.29, 1.82) is 0 Å². The van der Waals surface area contributed by atoms with Crippen molar-refractivity contribution in [3.05, 3.63) is 35.4 Å². The van der Waals surface area contributed by atoms with Crippen molar-refractivity contribution in [2.75, 3.05) is 14.2 Å². The van der Waals surface area contributed by atoms with Crippen LogP contribution in [0.4, 0.5) is 0 Å². The van der Waals surface area contributed by atoms with Crippen LogP contribution < -0.4 is 5.32 Å². The summed E-state index contributed by atoms with van der Waals surface area (Å²) in [6, 6.07) is 7.57. The Balaban J connectivity index is 1.90. The highest BCUT2D eigenvalue weighted by molar-refractivity contribution is 5.90. The Labute approximate surface area is 118 Å². The van der Waals surface area contributed by atoms with E-state index < -0.39 is 0 Å². The molecule has 5 heteroatoms. The number of amides is 2. The molecule has 0 aliphatic carbocycles. The Bertz CT molecular complexity index is 502. The number of benzene rings is 1. The van der Waals surface area contributed by atoms with Gasteiger partial charge in [0.2, 0.25) is 11.8 Å². The molecular weight excluding hydrogens is 256 g/mol. The van der Waals surface area contributed by atoms with Crippen molar-refractivity contribution in [1.82, 2.24) is 10.2 Å². The highest BCUT2D eigenvalue weighted by atomic mass is 16.5. The van der Waals surface area contributed by atoms with Crippen molar-refractivity contribution in [2.45, 2.75) is 32.0 Å². The number of carbonyl (C=O) groups excluding carboxylic acids is 2. The Morgan fingerprint density at radius 1 is 1.45 bits per heavy atom. The number of nitrogens with one attached hydrogen (secondary N) is 1. The fraction of sp³-hybridized carbons (Fsp3) is 0.467. The second-order valence-electron chi connectivity index (χ2n) is 5.03. The Kier molecular flexibility index (Phi) is 4.74. The highest BCUT2D eigenvalue weighted by Crippen LogP contribution is 2.16. The third-order valence-corrected chi connectivity index (χ3v) is 3.56. The molecular formula is C15H20N2O3. The first-order valence-electron chi connectivity index (χ1n) is 6.72. The van der Waals surface area contributed by atoms with Crippen LogP contribution in [-0.4, -0.2) is 36.9 Å². The predicted octanol–water partition coefficient (Wildman–Crippen LogP) is 1.07. The van der Waals surface area contributed by atoms with Gasteiger partial charge in [0.1, 0.15) is 6.04 Å². The monoisotopic (exact) mass is 276 g/mol. The molecule has 20 heavy (non-hydrogen) atoms. The van der Waals surface area contributed by atoms with E-state index in [0.29, 0.717) is 26.0 Å². The van der Waals surface area contributed by atoms with Crippen LogP contribution in [0.15, 0.2) is 24.3 Å². The van der Waals surface area contributed by atoms with E-state index in [4.69, 9.17) is 4.74 Å². The van der Waals surface area contributed by atoms with Crippen LogP contribution in [0.25, 0.3) is 0 Å². The summed E-state index contributed by atoms with van der Waals surface area (Å²) in [7, 11) is 3.33. The Morgan fingerprint density at radius 2 is 2.20 bits per heavy atom. The average Bonchev–Trinajstić information content (AvgIpc) is 2.77. The summed E-state index contributed by atoms with van der Waals surface area (Å²) in [6.07, 6.45) is 1.06. The first-order chi connectivity index (χ1) is 9.61. The molecule has 1 saturated heterocycles. The fourth-order valence-electron chi connectivity index (χ4n) is 2.41. The lowest BCUT2D eigenvalue weighted by Gasteiger charge is -2.19. The summed E-state index contributed by atoms with van der Waals surface area (Å²) < 4.78 is 5.08. The van der Waals surface area contributed by atoms with E-state index in [0.717, 1.165) is 11.1 Å². The lowest BCUT2D eigenvalue weighted by molar-refractivity contribution is -0.133. The average molecular weight is 276 g/mol. The van der Waals surface area contributed by atoms with E-state index in [9.17, 15) is 9.59 Å². The number of hydrogen-bond donors (Lipinski definition) is 1. The smallest absolute Gasteiger partial charge is 0.243 e. The second kappa shape index (κ2) is 6.52. The normalized spacial score (nSPS) is 18.4. The molecule has 1 aliphatic heterocycles. The van der Waals surface area contributed by atoms with Gasteiger partial charge in [-0.3, -0.25) is 9.59 Å². The van der Waals surface area contributed by atoms with Gasteiger partial charge in [-0.2, -0.15) is 0 Å². The molecule has 108 valence electrons. The number of rotatable bonds is 5. The maximum atomic E-state index is 12.1. The first-order valence-corrected chi connectivity index (χ1v) is 6.72. The third-order valence-electron chi connectivity index (χ3n) is 3.56. The van der Waals surface area contributed by atoms with Crippen molar-refractivity contribution in [2.24, 2.45) is 0 Å². The molecule has 0 radical (unpaired) electrons. The quantitative estimate of drug-likeness (QED) is 0.875. The molecule has 5 nitrogen and oxygen atoms in total. The number of methoxy groups -OCH3 is 1. The summed E-state index contributed by atoms with van der Waals surface area (Å²) in [5, 5.41) is 2.89. The SMILES string of the molecule is COCc1cccc(CNC(=O)C2CCC(=O)N2C)c1. The van der Waals surface area contributed by atoms with E-state index in [2.05, 4.69) is 5.32 Å². The lowest BCUT2D eigenvalue weighted by atomic mass is 10.1. The van der Waals surface area contributed by atoms with Gasteiger partial charge in [-0.25, -0.2) is 0 Å². The van der Waals surface area contributed by atoms with Gasteiger partial charge in [-0.15, -0.1) is 0 Å². The summed E-state index contributed by atoms with van der Waals surface area (Å²) >= 11 is 0. The van der Waals surface area contributed by atoms with Gasteiger partial charge in [0.25, 0.3) is 0 Å². The molecule has 1 N–H and O–H groups in total. The van der Waals surface area contributed by atoms with Crippen LogP contribution in [0.5, 0.6) is 0 Å². The van der Waals surface area contributed by atoms with Crippen LogP contribution in [-0.2, 0) is 27.5 Å². The molecule has 2 rings (SSSR count). The summed E-state index contributed by atoms with van der Waals surface area (Å²) in [6.45, 7) is 1.02. The van der Waals surface area contributed by atoms with Crippen LogP contribution in [0.3, 0.4) is 0 Å². The van der Waals surface area contributed by atoms with Gasteiger partial charge in [0, 0.05) is 27.1 Å². The van der Waals surface area contributed by atoms with Gasteiger partial charge >= 0.3 is 0 Å². The zero-order chi connectivity index (χ0) is 14.5. The maximum absolute atomic E-state index is 12.1.